The van der Waals surface area contributed by atoms with Crippen LogP contribution in [0.1, 0.15) is 32.1 Å². The van der Waals surface area contributed by atoms with Crippen LogP contribution in [0.2, 0.25) is 0 Å². The molecule has 1 aliphatic carbocycles. The van der Waals surface area contributed by atoms with Gasteiger partial charge in [0.1, 0.15) is 0 Å². The SMILES string of the molecule is COc1ccc(NC(N)=NCC2CCCCC(F)(F)C2)cc1OC. The largest absolute Gasteiger partial charge is 0.493 e. The van der Waals surface area contributed by atoms with Crippen molar-refractivity contribution in [2.75, 3.05) is 26.1 Å². The number of alkyl halides is 2. The summed E-state index contributed by atoms with van der Waals surface area (Å²) in [5.41, 5.74) is 6.57. The Morgan fingerprint density at radius 2 is 2.04 bits per heavy atom. The highest BCUT2D eigenvalue weighted by molar-refractivity contribution is 5.92. The second-order valence-electron chi connectivity index (χ2n) is 6.09. The number of nitrogens with one attached hydrogen (secondary N) is 1. The Labute approximate surface area is 141 Å². The monoisotopic (exact) mass is 341 g/mol. The molecule has 1 aromatic rings. The van der Waals surface area contributed by atoms with Gasteiger partial charge in [-0.15, -0.1) is 0 Å². The minimum atomic E-state index is -2.58. The van der Waals surface area contributed by atoms with E-state index in [0.717, 1.165) is 12.8 Å². The molecule has 5 nitrogen and oxygen atoms in total. The number of halogens is 2. The zero-order valence-corrected chi connectivity index (χ0v) is 14.1. The number of guanidine groups is 1. The van der Waals surface area contributed by atoms with Crippen molar-refractivity contribution in [2.45, 2.75) is 38.0 Å². The fourth-order valence-electron chi connectivity index (χ4n) is 2.93. The molecule has 1 aromatic carbocycles. The maximum absolute atomic E-state index is 13.6. The van der Waals surface area contributed by atoms with E-state index in [0.29, 0.717) is 30.2 Å². The average molecular weight is 341 g/mol. The Bertz CT molecular complexity index is 579. The first-order valence-electron chi connectivity index (χ1n) is 8.10. The van der Waals surface area contributed by atoms with Gasteiger partial charge in [0.15, 0.2) is 17.5 Å². The van der Waals surface area contributed by atoms with Crippen molar-refractivity contribution in [3.05, 3.63) is 18.2 Å². The number of nitrogens with zero attached hydrogens (tertiary/aromatic N) is 1. The van der Waals surface area contributed by atoms with Crippen molar-refractivity contribution in [1.29, 1.82) is 0 Å². The van der Waals surface area contributed by atoms with E-state index in [1.54, 1.807) is 32.4 Å². The molecule has 1 saturated carbocycles. The second-order valence-corrected chi connectivity index (χ2v) is 6.09. The highest BCUT2D eigenvalue weighted by atomic mass is 19.3. The molecule has 1 unspecified atom stereocenters. The Hall–Kier alpha value is -2.05. The van der Waals surface area contributed by atoms with Crippen molar-refractivity contribution < 1.29 is 18.3 Å². The van der Waals surface area contributed by atoms with Crippen LogP contribution >= 0.6 is 0 Å². The number of aliphatic imine (C=N–C) groups is 1. The van der Waals surface area contributed by atoms with Gasteiger partial charge in [0.2, 0.25) is 5.92 Å². The fraction of sp³-hybridized carbons (Fsp3) is 0.588. The normalized spacial score (nSPS) is 21.0. The van der Waals surface area contributed by atoms with E-state index in [4.69, 9.17) is 15.2 Å². The molecule has 134 valence electrons. The third-order valence-electron chi connectivity index (χ3n) is 4.17. The van der Waals surface area contributed by atoms with Gasteiger partial charge in [-0.1, -0.05) is 6.42 Å². The van der Waals surface area contributed by atoms with E-state index in [2.05, 4.69) is 10.3 Å². The lowest BCUT2D eigenvalue weighted by Gasteiger charge is -2.18. The van der Waals surface area contributed by atoms with Gasteiger partial charge in [0.25, 0.3) is 0 Å². The van der Waals surface area contributed by atoms with E-state index in [9.17, 15) is 8.78 Å². The number of rotatable bonds is 5. The van der Waals surface area contributed by atoms with E-state index < -0.39 is 5.92 Å². The molecule has 24 heavy (non-hydrogen) atoms. The maximum atomic E-state index is 13.6. The Morgan fingerprint density at radius 3 is 2.75 bits per heavy atom. The van der Waals surface area contributed by atoms with Gasteiger partial charge in [-0.3, -0.25) is 4.99 Å². The molecule has 0 aromatic heterocycles. The quantitative estimate of drug-likeness (QED) is 0.487. The summed E-state index contributed by atoms with van der Waals surface area (Å²) in [5.74, 6) is -1.33. The molecule has 0 saturated heterocycles. The van der Waals surface area contributed by atoms with Gasteiger partial charge < -0.3 is 20.5 Å². The van der Waals surface area contributed by atoms with Crippen LogP contribution in [0.25, 0.3) is 0 Å². The lowest BCUT2D eigenvalue weighted by molar-refractivity contribution is -0.0241. The minimum Gasteiger partial charge on any atom is -0.493 e. The molecule has 0 spiro atoms. The van der Waals surface area contributed by atoms with Gasteiger partial charge in [0, 0.05) is 31.1 Å². The third kappa shape index (κ3) is 5.25. The van der Waals surface area contributed by atoms with Crippen molar-refractivity contribution >= 4 is 11.6 Å². The van der Waals surface area contributed by atoms with Crippen LogP contribution in [0.4, 0.5) is 14.5 Å². The number of hydrogen-bond acceptors (Lipinski definition) is 3. The molecule has 0 bridgehead atoms. The summed E-state index contributed by atoms with van der Waals surface area (Å²) in [4.78, 5) is 4.23. The summed E-state index contributed by atoms with van der Waals surface area (Å²) in [6.45, 7) is 0.307. The molecule has 1 aliphatic rings. The molecular weight excluding hydrogens is 316 g/mol. The van der Waals surface area contributed by atoms with Gasteiger partial charge in [-0.05, 0) is 30.9 Å². The number of hydrogen-bond donors (Lipinski definition) is 2. The van der Waals surface area contributed by atoms with Crippen LogP contribution in [0.5, 0.6) is 11.5 Å². The molecule has 1 atom stereocenters. The summed E-state index contributed by atoms with van der Waals surface area (Å²) in [5, 5.41) is 2.95. The van der Waals surface area contributed by atoms with Crippen LogP contribution < -0.4 is 20.5 Å². The Balaban J connectivity index is 1.96. The molecule has 0 amide bonds. The van der Waals surface area contributed by atoms with E-state index in [1.165, 1.54) is 0 Å². The van der Waals surface area contributed by atoms with E-state index in [1.807, 2.05) is 0 Å². The molecule has 0 aliphatic heterocycles. The van der Waals surface area contributed by atoms with Crippen molar-refractivity contribution in [3.8, 4) is 11.5 Å². The summed E-state index contributed by atoms with van der Waals surface area (Å²) in [6, 6.07) is 5.27. The number of methoxy groups -OCH3 is 2. The summed E-state index contributed by atoms with van der Waals surface area (Å²) < 4.78 is 37.6. The number of ether oxygens (including phenoxy) is 2. The minimum absolute atomic E-state index is 0.0212. The van der Waals surface area contributed by atoms with Crippen LogP contribution in [0.3, 0.4) is 0 Å². The predicted octanol–water partition coefficient (Wildman–Crippen LogP) is 3.65. The molecule has 1 fully saturated rings. The zero-order valence-electron chi connectivity index (χ0n) is 14.1. The Morgan fingerprint density at radius 1 is 1.29 bits per heavy atom. The predicted molar refractivity (Wildman–Crippen MR) is 91.2 cm³/mol. The number of nitrogens with two attached hydrogens (primary N) is 1. The molecule has 0 heterocycles. The maximum Gasteiger partial charge on any atom is 0.248 e. The zero-order chi connectivity index (χ0) is 17.6. The Kier molecular flexibility index (Phi) is 6.23. The summed E-state index contributed by atoms with van der Waals surface area (Å²) in [7, 11) is 3.11. The first-order chi connectivity index (χ1) is 11.4. The molecule has 0 radical (unpaired) electrons. The average Bonchev–Trinajstić information content (AvgIpc) is 2.73. The highest BCUT2D eigenvalue weighted by Gasteiger charge is 2.34. The van der Waals surface area contributed by atoms with Crippen LogP contribution in [0.15, 0.2) is 23.2 Å². The number of benzene rings is 1. The van der Waals surface area contributed by atoms with Crippen LogP contribution in [-0.2, 0) is 0 Å². The van der Waals surface area contributed by atoms with Crippen molar-refractivity contribution in [1.82, 2.24) is 0 Å². The second kappa shape index (κ2) is 8.17. The summed E-state index contributed by atoms with van der Waals surface area (Å²) in [6.07, 6.45) is 2.03. The van der Waals surface area contributed by atoms with Crippen molar-refractivity contribution in [3.63, 3.8) is 0 Å². The molecule has 7 heteroatoms. The molecule has 3 N–H and O–H groups in total. The van der Waals surface area contributed by atoms with Gasteiger partial charge in [0.05, 0.1) is 14.2 Å². The lowest BCUT2D eigenvalue weighted by atomic mass is 9.99. The summed E-state index contributed by atoms with van der Waals surface area (Å²) >= 11 is 0. The molecule has 2 rings (SSSR count). The van der Waals surface area contributed by atoms with Gasteiger partial charge >= 0.3 is 0 Å². The van der Waals surface area contributed by atoms with Crippen LogP contribution in [-0.4, -0.2) is 32.6 Å². The van der Waals surface area contributed by atoms with Crippen molar-refractivity contribution in [2.24, 2.45) is 16.6 Å². The standard InChI is InChI=1S/C17H25F2N3O2/c1-23-14-7-6-13(9-15(14)24-2)22-16(20)21-11-12-5-3-4-8-17(18,19)10-12/h6-7,9,12H,3-5,8,10-11H2,1-2H3,(H3,20,21,22). The third-order valence-corrected chi connectivity index (χ3v) is 4.17. The smallest absolute Gasteiger partial charge is 0.248 e. The highest BCUT2D eigenvalue weighted by Crippen LogP contribution is 2.35. The number of anilines is 1. The fourth-order valence-corrected chi connectivity index (χ4v) is 2.93. The lowest BCUT2D eigenvalue weighted by Crippen LogP contribution is -2.25. The van der Waals surface area contributed by atoms with E-state index >= 15 is 0 Å². The topological polar surface area (TPSA) is 68.9 Å². The first-order valence-corrected chi connectivity index (χ1v) is 8.10. The van der Waals surface area contributed by atoms with Gasteiger partial charge in [-0.25, -0.2) is 8.78 Å². The first kappa shape index (κ1) is 18.3. The van der Waals surface area contributed by atoms with Gasteiger partial charge in [-0.2, -0.15) is 0 Å². The van der Waals surface area contributed by atoms with Crippen LogP contribution in [0, 0.1) is 5.92 Å². The van der Waals surface area contributed by atoms with E-state index in [-0.39, 0.29) is 24.7 Å². The molecular formula is C17H25F2N3O2.